The minimum Gasteiger partial charge on any atom is -0.493 e. The van der Waals surface area contributed by atoms with Crippen LogP contribution in [0, 0.1) is 5.82 Å². The number of amides is 1. The van der Waals surface area contributed by atoms with E-state index in [0.717, 1.165) is 22.5 Å². The summed E-state index contributed by atoms with van der Waals surface area (Å²) in [4.78, 5) is 20.6. The summed E-state index contributed by atoms with van der Waals surface area (Å²) in [5.41, 5.74) is 3.51. The van der Waals surface area contributed by atoms with E-state index in [4.69, 9.17) is 14.5 Å². The SMILES string of the molecule is C=CCc1cc(/C=C2/SC(=Nc3ccccc3)N(c3ccccc3)C2=O)cc(OC)c1OCc1ccccc1F. The lowest BCUT2D eigenvalue weighted by molar-refractivity contribution is -0.113. The predicted molar refractivity (Wildman–Crippen MR) is 161 cm³/mol. The van der Waals surface area contributed by atoms with Crippen molar-refractivity contribution in [3.8, 4) is 11.5 Å². The number of para-hydroxylation sites is 2. The molecule has 0 N–H and O–H groups in total. The molecule has 5 rings (SSSR count). The Balaban J connectivity index is 1.51. The van der Waals surface area contributed by atoms with Crippen LogP contribution in [0.3, 0.4) is 0 Å². The fraction of sp³-hybridized carbons (Fsp3) is 0.0909. The second-order valence-corrected chi connectivity index (χ2v) is 9.91. The molecule has 1 fully saturated rings. The molecule has 4 aromatic carbocycles. The zero-order valence-electron chi connectivity index (χ0n) is 21.9. The molecule has 1 aliphatic rings. The molecule has 0 unspecified atom stereocenters. The zero-order chi connectivity index (χ0) is 27.9. The van der Waals surface area contributed by atoms with Crippen molar-refractivity contribution in [3.63, 3.8) is 0 Å². The van der Waals surface area contributed by atoms with Crippen molar-refractivity contribution in [1.29, 1.82) is 0 Å². The largest absolute Gasteiger partial charge is 0.493 e. The summed E-state index contributed by atoms with van der Waals surface area (Å²) in [5, 5.41) is 0.566. The maximum absolute atomic E-state index is 14.2. The van der Waals surface area contributed by atoms with Crippen molar-refractivity contribution in [3.05, 3.63) is 137 Å². The maximum atomic E-state index is 14.2. The predicted octanol–water partition coefficient (Wildman–Crippen LogP) is 7.95. The number of aliphatic imine (C=N–C) groups is 1. The van der Waals surface area contributed by atoms with Gasteiger partial charge in [-0.3, -0.25) is 9.69 Å². The first kappa shape index (κ1) is 27.0. The number of carbonyl (C=O) groups excluding carboxylic acids is 1. The van der Waals surface area contributed by atoms with Crippen LogP contribution in [0.5, 0.6) is 11.5 Å². The smallest absolute Gasteiger partial charge is 0.271 e. The van der Waals surface area contributed by atoms with Crippen molar-refractivity contribution >= 4 is 40.3 Å². The molecule has 200 valence electrons. The van der Waals surface area contributed by atoms with Crippen LogP contribution in [0.1, 0.15) is 16.7 Å². The lowest BCUT2D eigenvalue weighted by Gasteiger charge is -2.16. The molecule has 0 aromatic heterocycles. The number of thioether (sulfide) groups is 1. The van der Waals surface area contributed by atoms with Gasteiger partial charge in [-0.2, -0.15) is 0 Å². The van der Waals surface area contributed by atoms with Crippen LogP contribution in [0.2, 0.25) is 0 Å². The molecule has 1 saturated heterocycles. The second-order valence-electron chi connectivity index (χ2n) is 8.90. The summed E-state index contributed by atoms with van der Waals surface area (Å²) in [6, 6.07) is 29.2. The Kier molecular flexibility index (Phi) is 8.42. The summed E-state index contributed by atoms with van der Waals surface area (Å²) in [5.74, 6) is 0.488. The van der Waals surface area contributed by atoms with Gasteiger partial charge >= 0.3 is 0 Å². The average Bonchev–Trinajstić information content (AvgIpc) is 3.27. The van der Waals surface area contributed by atoms with Crippen LogP contribution in [0.15, 0.2) is 120 Å². The molecule has 1 amide bonds. The molecule has 40 heavy (non-hydrogen) atoms. The van der Waals surface area contributed by atoms with E-state index in [-0.39, 0.29) is 18.3 Å². The van der Waals surface area contributed by atoms with Gasteiger partial charge in [-0.25, -0.2) is 9.38 Å². The Bertz CT molecular complexity index is 1590. The van der Waals surface area contributed by atoms with E-state index < -0.39 is 0 Å². The Morgan fingerprint density at radius 1 is 0.950 bits per heavy atom. The van der Waals surface area contributed by atoms with Crippen LogP contribution >= 0.6 is 11.8 Å². The molecular weight excluding hydrogens is 523 g/mol. The quantitative estimate of drug-likeness (QED) is 0.157. The topological polar surface area (TPSA) is 51.1 Å². The molecule has 1 aliphatic heterocycles. The average molecular weight is 551 g/mol. The molecular formula is C33H27FN2O3S. The number of anilines is 1. The van der Waals surface area contributed by atoms with Crippen LogP contribution in [0.4, 0.5) is 15.8 Å². The lowest BCUT2D eigenvalue weighted by Crippen LogP contribution is -2.28. The summed E-state index contributed by atoms with van der Waals surface area (Å²) in [7, 11) is 1.55. The van der Waals surface area contributed by atoms with Gasteiger partial charge in [-0.15, -0.1) is 6.58 Å². The summed E-state index contributed by atoms with van der Waals surface area (Å²) < 4.78 is 25.9. The van der Waals surface area contributed by atoms with E-state index in [1.807, 2.05) is 78.9 Å². The molecule has 7 heteroatoms. The van der Waals surface area contributed by atoms with Gasteiger partial charge in [-0.1, -0.05) is 60.7 Å². The van der Waals surface area contributed by atoms with Gasteiger partial charge in [0.05, 0.1) is 23.4 Å². The number of hydrogen-bond acceptors (Lipinski definition) is 5. The standard InChI is InChI=1S/C33H27FN2O3S/c1-3-12-24-19-23(20-29(38-2)31(24)39-22-25-13-10-11-18-28(25)34)21-30-32(37)36(27-16-8-5-9-17-27)33(40-30)35-26-14-6-4-7-15-26/h3-11,13-21H,1,12,22H2,2H3/b30-21+,35-33?. The second kappa shape index (κ2) is 12.5. The number of carbonyl (C=O) groups is 1. The molecule has 0 radical (unpaired) electrons. The van der Waals surface area contributed by atoms with Crippen LogP contribution < -0.4 is 14.4 Å². The third-order valence-corrected chi connectivity index (χ3v) is 7.14. The lowest BCUT2D eigenvalue weighted by atomic mass is 10.0. The van der Waals surface area contributed by atoms with E-state index >= 15 is 0 Å². The summed E-state index contributed by atoms with van der Waals surface area (Å²) >= 11 is 1.31. The van der Waals surface area contributed by atoms with Gasteiger partial charge in [0.1, 0.15) is 12.4 Å². The van der Waals surface area contributed by atoms with Crippen LogP contribution in [-0.4, -0.2) is 18.2 Å². The molecule has 0 aliphatic carbocycles. The molecule has 0 spiro atoms. The van der Waals surface area contributed by atoms with E-state index in [9.17, 15) is 9.18 Å². The molecule has 0 bridgehead atoms. The first-order valence-corrected chi connectivity index (χ1v) is 13.5. The number of methoxy groups -OCH3 is 1. The third-order valence-electron chi connectivity index (χ3n) is 6.17. The minimum atomic E-state index is -0.333. The van der Waals surface area contributed by atoms with Gasteiger partial charge < -0.3 is 9.47 Å². The number of allylic oxidation sites excluding steroid dienone is 1. The summed E-state index contributed by atoms with van der Waals surface area (Å²) in [6.07, 6.45) is 4.09. The van der Waals surface area contributed by atoms with Gasteiger partial charge in [0, 0.05) is 11.1 Å². The van der Waals surface area contributed by atoms with Crippen LogP contribution in [0.25, 0.3) is 6.08 Å². The first-order chi connectivity index (χ1) is 19.6. The molecule has 4 aromatic rings. The van der Waals surface area contributed by atoms with Crippen molar-refractivity contribution in [2.75, 3.05) is 12.0 Å². The molecule has 0 saturated carbocycles. The van der Waals surface area contributed by atoms with Crippen molar-refractivity contribution in [2.45, 2.75) is 13.0 Å². The number of ether oxygens (including phenoxy) is 2. The van der Waals surface area contributed by atoms with Gasteiger partial charge in [0.25, 0.3) is 5.91 Å². The number of benzene rings is 4. The van der Waals surface area contributed by atoms with E-state index in [1.54, 1.807) is 36.3 Å². The van der Waals surface area contributed by atoms with Crippen molar-refractivity contribution in [2.24, 2.45) is 4.99 Å². The zero-order valence-corrected chi connectivity index (χ0v) is 22.7. The van der Waals surface area contributed by atoms with E-state index in [0.29, 0.717) is 33.6 Å². The number of halogens is 1. The fourth-order valence-electron chi connectivity index (χ4n) is 4.27. The Morgan fingerprint density at radius 3 is 2.35 bits per heavy atom. The monoisotopic (exact) mass is 550 g/mol. The molecule has 0 atom stereocenters. The van der Waals surface area contributed by atoms with Gasteiger partial charge in [0.15, 0.2) is 16.7 Å². The number of rotatable bonds is 9. The number of hydrogen-bond donors (Lipinski definition) is 0. The molecule has 1 heterocycles. The highest BCUT2D eigenvalue weighted by Gasteiger charge is 2.34. The Hall–Kier alpha value is -4.62. The molecule has 5 nitrogen and oxygen atoms in total. The fourth-order valence-corrected chi connectivity index (χ4v) is 5.27. The van der Waals surface area contributed by atoms with E-state index in [2.05, 4.69) is 6.58 Å². The minimum absolute atomic E-state index is 0.0489. The van der Waals surface area contributed by atoms with Crippen LogP contribution in [-0.2, 0) is 17.8 Å². The highest BCUT2D eigenvalue weighted by Crippen LogP contribution is 2.39. The van der Waals surface area contributed by atoms with Gasteiger partial charge in [-0.05, 0) is 72.3 Å². The van der Waals surface area contributed by atoms with Gasteiger partial charge in [0.2, 0.25) is 0 Å². The normalized spacial score (nSPS) is 15.1. The first-order valence-electron chi connectivity index (χ1n) is 12.7. The van der Waals surface area contributed by atoms with Crippen molar-refractivity contribution in [1.82, 2.24) is 0 Å². The highest BCUT2D eigenvalue weighted by atomic mass is 32.2. The maximum Gasteiger partial charge on any atom is 0.271 e. The summed E-state index contributed by atoms with van der Waals surface area (Å²) in [6.45, 7) is 3.92. The van der Waals surface area contributed by atoms with Crippen molar-refractivity contribution < 1.29 is 18.7 Å². The number of nitrogens with zero attached hydrogens (tertiary/aromatic N) is 2. The van der Waals surface area contributed by atoms with E-state index in [1.165, 1.54) is 17.8 Å². The third kappa shape index (κ3) is 6.00. The number of amidine groups is 1. The Labute approximate surface area is 237 Å². The Morgan fingerprint density at radius 2 is 1.65 bits per heavy atom. The highest BCUT2D eigenvalue weighted by molar-refractivity contribution is 8.19.